The molecule has 3 N–H and O–H groups in total. The molecule has 0 aliphatic carbocycles. The normalized spacial score (nSPS) is 17.0. The topological polar surface area (TPSA) is 132 Å². The summed E-state index contributed by atoms with van der Waals surface area (Å²) in [6.07, 6.45) is 3.62. The van der Waals surface area contributed by atoms with Crippen LogP contribution in [0.2, 0.25) is 0 Å². The molecule has 25 heavy (non-hydrogen) atoms. The highest BCUT2D eigenvalue weighted by Gasteiger charge is 2.30. The fourth-order valence-electron chi connectivity index (χ4n) is 2.34. The Morgan fingerprint density at radius 1 is 1.48 bits per heavy atom. The summed E-state index contributed by atoms with van der Waals surface area (Å²) in [6.45, 7) is 1.67. The van der Waals surface area contributed by atoms with Gasteiger partial charge < -0.3 is 25.0 Å². The number of anilines is 1. The van der Waals surface area contributed by atoms with E-state index in [1.807, 2.05) is 7.05 Å². The van der Waals surface area contributed by atoms with E-state index in [0.717, 1.165) is 25.8 Å². The summed E-state index contributed by atoms with van der Waals surface area (Å²) in [5, 5.41) is 10.4. The van der Waals surface area contributed by atoms with Crippen molar-refractivity contribution in [2.45, 2.75) is 31.9 Å². The molecule has 0 saturated heterocycles. The number of nitrogens with one attached hydrogen (secondary N) is 2. The number of unbranched alkanes of at least 4 members (excludes halogenated alkanes) is 2. The Kier molecular flexibility index (Phi) is 6.47. The molecule has 1 aliphatic heterocycles. The maximum absolute atomic E-state index is 12.2. The van der Waals surface area contributed by atoms with E-state index < -0.39 is 25.8 Å². The molecule has 0 amide bonds. The predicted octanol–water partition coefficient (Wildman–Crippen LogP) is 1.80. The molecule has 10 nitrogen and oxygen atoms in total. The largest absolute Gasteiger partial charge is 0.529 e. The predicted molar refractivity (Wildman–Crippen MR) is 88.5 cm³/mol. The van der Waals surface area contributed by atoms with Gasteiger partial charge in [-0.1, -0.05) is 6.42 Å². The first-order valence-electron chi connectivity index (χ1n) is 8.29. The number of hydrogen-bond donors (Lipinski definition) is 3. The van der Waals surface area contributed by atoms with Gasteiger partial charge in [-0.15, -0.1) is 0 Å². The summed E-state index contributed by atoms with van der Waals surface area (Å²) in [4.78, 5) is 16.1. The minimum atomic E-state index is -3.18. The van der Waals surface area contributed by atoms with E-state index in [2.05, 4.69) is 25.3 Å². The second kappa shape index (κ2) is 9.24. The Bertz CT molecular complexity index is 758. The van der Waals surface area contributed by atoms with Gasteiger partial charge in [0.05, 0.1) is 6.42 Å². The SMILES string of the molecule is [2H]OC1=C(OP(=O)=O)CC(n2ccc(NCCCCCNC)nc2=O)O1. The maximum Gasteiger partial charge on any atom is 0.529 e. The van der Waals surface area contributed by atoms with Gasteiger partial charge in [0.25, 0.3) is 1.43 Å². The molecule has 2 rings (SSSR count). The molecule has 1 unspecified atom stereocenters. The fraction of sp³-hybridized carbons (Fsp3) is 0.571. The number of ether oxygens (including phenoxy) is 1. The van der Waals surface area contributed by atoms with Crippen LogP contribution in [0.5, 0.6) is 0 Å². The minimum absolute atomic E-state index is 0.0721. The van der Waals surface area contributed by atoms with Crippen LogP contribution < -0.4 is 16.3 Å². The van der Waals surface area contributed by atoms with E-state index >= 15 is 0 Å². The summed E-state index contributed by atoms with van der Waals surface area (Å²) < 4.78 is 39.2. The molecule has 0 aromatic carbocycles. The molecule has 0 bridgehead atoms. The van der Waals surface area contributed by atoms with Crippen LogP contribution in [-0.4, -0.2) is 34.8 Å². The van der Waals surface area contributed by atoms with Gasteiger partial charge in [-0.2, -0.15) is 14.1 Å². The van der Waals surface area contributed by atoms with Crippen LogP contribution in [0.1, 0.15) is 31.9 Å². The smallest absolute Gasteiger partial charge is 0.478 e. The third kappa shape index (κ3) is 5.61. The minimum Gasteiger partial charge on any atom is -0.478 e. The zero-order valence-electron chi connectivity index (χ0n) is 14.8. The third-order valence-corrected chi connectivity index (χ3v) is 3.93. The second-order valence-electron chi connectivity index (χ2n) is 5.40. The molecule has 0 fully saturated rings. The van der Waals surface area contributed by atoms with E-state index in [1.54, 1.807) is 6.07 Å². The van der Waals surface area contributed by atoms with Crippen LogP contribution in [-0.2, 0) is 18.4 Å². The molecule has 0 radical (unpaired) electrons. The molecule has 11 heteroatoms. The van der Waals surface area contributed by atoms with Crippen molar-refractivity contribution in [1.29, 1.82) is 1.43 Å². The van der Waals surface area contributed by atoms with Crippen LogP contribution in [0.4, 0.5) is 5.82 Å². The first-order chi connectivity index (χ1) is 12.5. The number of nitrogens with zero attached hydrogens (tertiary/aromatic N) is 2. The molecule has 1 atom stereocenters. The highest BCUT2D eigenvalue weighted by Crippen LogP contribution is 2.33. The van der Waals surface area contributed by atoms with Gasteiger partial charge in [0.1, 0.15) is 5.82 Å². The van der Waals surface area contributed by atoms with E-state index in [0.29, 0.717) is 12.4 Å². The first kappa shape index (κ1) is 17.5. The lowest BCUT2D eigenvalue weighted by molar-refractivity contribution is 0.0132. The maximum atomic E-state index is 12.2. The summed E-state index contributed by atoms with van der Waals surface area (Å²) >= 11 is 0. The van der Waals surface area contributed by atoms with Crippen LogP contribution in [0.15, 0.2) is 28.8 Å². The van der Waals surface area contributed by atoms with Crippen molar-refractivity contribution in [1.82, 2.24) is 14.9 Å². The average molecular weight is 373 g/mol. The molecule has 1 aromatic heterocycles. The fourth-order valence-corrected chi connectivity index (χ4v) is 2.67. The van der Waals surface area contributed by atoms with Crippen molar-refractivity contribution < 1.29 is 23.5 Å². The van der Waals surface area contributed by atoms with Gasteiger partial charge in [-0.05, 0) is 32.5 Å². The van der Waals surface area contributed by atoms with Crippen molar-refractivity contribution in [3.63, 3.8) is 0 Å². The molecular formula is C14H21N4O6P. The van der Waals surface area contributed by atoms with Crippen LogP contribution >= 0.6 is 7.91 Å². The average Bonchev–Trinajstić information content (AvgIpc) is 3.00. The van der Waals surface area contributed by atoms with E-state index in [9.17, 15) is 13.9 Å². The Morgan fingerprint density at radius 3 is 2.96 bits per heavy atom. The highest BCUT2D eigenvalue weighted by atomic mass is 31.1. The Balaban J connectivity index is 1.93. The monoisotopic (exact) mass is 373 g/mol. The van der Waals surface area contributed by atoms with Crippen molar-refractivity contribution in [3.05, 3.63) is 34.5 Å². The number of aliphatic hydroxyl groups is 1. The van der Waals surface area contributed by atoms with Gasteiger partial charge >= 0.3 is 19.5 Å². The molecule has 1 aromatic rings. The second-order valence-corrected chi connectivity index (χ2v) is 6.03. The lowest BCUT2D eigenvalue weighted by Crippen LogP contribution is -2.27. The Morgan fingerprint density at radius 2 is 2.28 bits per heavy atom. The molecule has 1 aliphatic rings. The van der Waals surface area contributed by atoms with E-state index in [1.165, 1.54) is 10.8 Å². The van der Waals surface area contributed by atoms with Crippen LogP contribution in [0, 0.1) is 0 Å². The quantitative estimate of drug-likeness (QED) is 0.392. The number of hydrogen-bond acceptors (Lipinski definition) is 9. The van der Waals surface area contributed by atoms with Crippen molar-refractivity contribution in [3.8, 4) is 0 Å². The molecule has 0 spiro atoms. The summed E-state index contributed by atoms with van der Waals surface area (Å²) in [7, 11) is -1.26. The first-order valence-corrected chi connectivity index (χ1v) is 8.97. The van der Waals surface area contributed by atoms with Crippen LogP contribution in [0.25, 0.3) is 1.43 Å². The van der Waals surface area contributed by atoms with Crippen molar-refractivity contribution in [2.75, 3.05) is 25.5 Å². The highest BCUT2D eigenvalue weighted by molar-refractivity contribution is 7.24. The van der Waals surface area contributed by atoms with Gasteiger partial charge in [0.15, 0.2) is 12.0 Å². The lowest BCUT2D eigenvalue weighted by atomic mass is 10.2. The molecule has 0 saturated carbocycles. The Hall–Kier alpha value is -2.32. The van der Waals surface area contributed by atoms with Gasteiger partial charge in [0.2, 0.25) is 0 Å². The molecule has 2 heterocycles. The summed E-state index contributed by atoms with van der Waals surface area (Å²) in [6, 6.07) is 1.62. The van der Waals surface area contributed by atoms with Gasteiger partial charge in [-0.3, -0.25) is 4.57 Å². The van der Waals surface area contributed by atoms with Crippen molar-refractivity contribution in [2.24, 2.45) is 0 Å². The Labute approximate surface area is 146 Å². The van der Waals surface area contributed by atoms with E-state index in [4.69, 9.17) is 6.17 Å². The van der Waals surface area contributed by atoms with E-state index in [-0.39, 0.29) is 12.2 Å². The van der Waals surface area contributed by atoms with Gasteiger partial charge in [0, 0.05) is 12.7 Å². The summed E-state index contributed by atoms with van der Waals surface area (Å²) in [5.74, 6) is -0.122. The number of aliphatic hydroxyl groups excluding tert-OH is 1. The standard InChI is InChI=1S/C14H21N4O6P/c1-15-6-3-2-4-7-16-11-5-8-18(14(20)17-11)12-9-10(13(19)23-12)24-25(21)22/h5,8,12,15,19H,2-4,6-7,9H2,1H3,(H,16,17,20)/i/hD. The van der Waals surface area contributed by atoms with Crippen molar-refractivity contribution >= 4 is 13.7 Å². The third-order valence-electron chi connectivity index (χ3n) is 3.57. The number of aromatic nitrogens is 2. The zero-order valence-corrected chi connectivity index (χ0v) is 14.7. The molecule has 138 valence electrons. The lowest BCUT2D eigenvalue weighted by Gasteiger charge is -2.13. The molecular weight excluding hydrogens is 351 g/mol. The number of rotatable bonds is 11. The van der Waals surface area contributed by atoms with Gasteiger partial charge in [-0.25, -0.2) is 4.79 Å². The zero-order chi connectivity index (χ0) is 18.9. The van der Waals surface area contributed by atoms with Crippen LogP contribution in [0.3, 0.4) is 0 Å². The summed E-state index contributed by atoms with van der Waals surface area (Å²) in [5.41, 5.74) is -0.577.